The maximum Gasteiger partial charge on any atom is 0.253 e. The van der Waals surface area contributed by atoms with Crippen molar-refractivity contribution >= 4 is 45.7 Å². The Balaban J connectivity index is 1.61. The van der Waals surface area contributed by atoms with Gasteiger partial charge in [0.1, 0.15) is 0 Å². The number of aromatic nitrogens is 3. The minimum Gasteiger partial charge on any atom is -0.399 e. The van der Waals surface area contributed by atoms with Crippen molar-refractivity contribution in [2.24, 2.45) is 0 Å². The molecular formula is C23H23ClN6O3. The van der Waals surface area contributed by atoms with E-state index in [1.807, 2.05) is 16.5 Å². The maximum absolute atomic E-state index is 12.4. The number of imidazole rings is 1. The number of nitrogens with one attached hydrogen (secondary N) is 2. The molecule has 1 aliphatic carbocycles. The van der Waals surface area contributed by atoms with Gasteiger partial charge in [-0.15, -0.1) is 0 Å². The summed E-state index contributed by atoms with van der Waals surface area (Å²) in [5.41, 5.74) is 10.5. The average molecular weight is 467 g/mol. The number of halogens is 1. The summed E-state index contributed by atoms with van der Waals surface area (Å²) >= 11 is 6.48. The molecule has 0 spiro atoms. The van der Waals surface area contributed by atoms with Crippen LogP contribution in [0.4, 0.5) is 11.5 Å². The zero-order valence-electron chi connectivity index (χ0n) is 17.6. The zero-order valence-corrected chi connectivity index (χ0v) is 18.4. The molecule has 33 heavy (non-hydrogen) atoms. The molecule has 2 heterocycles. The van der Waals surface area contributed by atoms with E-state index < -0.39 is 6.10 Å². The van der Waals surface area contributed by atoms with E-state index >= 15 is 0 Å². The predicted octanol–water partition coefficient (Wildman–Crippen LogP) is 2.44. The average Bonchev–Trinajstić information content (AvgIpc) is 3.50. The molecule has 0 aliphatic heterocycles. The molecule has 9 nitrogen and oxygen atoms in total. The van der Waals surface area contributed by atoms with E-state index in [2.05, 4.69) is 20.6 Å². The van der Waals surface area contributed by atoms with Gasteiger partial charge >= 0.3 is 0 Å². The standard InChI is InChI=1S/C23H23ClN6O3/c24-17-7-12(1-5-16(17)23(33)28-14-3-4-14)20-10-27-22-21(26-9-15(32)11-31)29-18-8-13(25)2-6-19(18)30(20)22/h1-2,5-8,10,14-15,31-32H,3-4,9,11,25H2,(H,26,29)(H,28,33)/t15-/m1/s1. The molecule has 0 saturated heterocycles. The van der Waals surface area contributed by atoms with Crippen LogP contribution in [-0.4, -0.2) is 55.8 Å². The first-order chi connectivity index (χ1) is 15.9. The van der Waals surface area contributed by atoms with Crippen LogP contribution >= 0.6 is 11.6 Å². The highest BCUT2D eigenvalue weighted by Crippen LogP contribution is 2.32. The maximum atomic E-state index is 12.4. The number of carbonyl (C=O) groups excluding carboxylic acids is 1. The van der Waals surface area contributed by atoms with E-state index in [9.17, 15) is 9.90 Å². The van der Waals surface area contributed by atoms with Crippen molar-refractivity contribution in [2.75, 3.05) is 24.2 Å². The number of hydrogen-bond donors (Lipinski definition) is 5. The lowest BCUT2D eigenvalue weighted by atomic mass is 10.1. The van der Waals surface area contributed by atoms with Gasteiger partial charge in [0.25, 0.3) is 5.91 Å². The summed E-state index contributed by atoms with van der Waals surface area (Å²) < 4.78 is 1.92. The van der Waals surface area contributed by atoms with Gasteiger partial charge in [-0.2, -0.15) is 0 Å². The number of rotatable bonds is 7. The van der Waals surface area contributed by atoms with Crippen LogP contribution in [-0.2, 0) is 0 Å². The Bertz CT molecular complexity index is 1370. The first-order valence-electron chi connectivity index (χ1n) is 10.6. The fourth-order valence-corrected chi connectivity index (χ4v) is 3.97. The Labute approximate surface area is 194 Å². The number of carbonyl (C=O) groups is 1. The molecule has 2 aromatic carbocycles. The Morgan fingerprint density at radius 3 is 2.82 bits per heavy atom. The van der Waals surface area contributed by atoms with E-state index in [1.165, 1.54) is 0 Å². The van der Waals surface area contributed by atoms with Crippen LogP contribution in [0, 0.1) is 0 Å². The number of anilines is 2. The summed E-state index contributed by atoms with van der Waals surface area (Å²) in [6, 6.07) is 10.9. The van der Waals surface area contributed by atoms with Crippen LogP contribution in [0.3, 0.4) is 0 Å². The van der Waals surface area contributed by atoms with Gasteiger partial charge in [0, 0.05) is 23.8 Å². The highest BCUT2D eigenvalue weighted by atomic mass is 35.5. The van der Waals surface area contributed by atoms with Gasteiger partial charge in [-0.05, 0) is 43.2 Å². The summed E-state index contributed by atoms with van der Waals surface area (Å²) in [7, 11) is 0. The number of aliphatic hydroxyl groups is 2. The number of aliphatic hydroxyl groups excluding tert-OH is 2. The smallest absolute Gasteiger partial charge is 0.253 e. The quantitative estimate of drug-likeness (QED) is 0.264. The highest BCUT2D eigenvalue weighted by molar-refractivity contribution is 6.34. The number of benzene rings is 2. The molecule has 1 atom stereocenters. The second-order valence-electron chi connectivity index (χ2n) is 8.17. The van der Waals surface area contributed by atoms with Crippen LogP contribution in [0.1, 0.15) is 23.2 Å². The minimum absolute atomic E-state index is 0.103. The van der Waals surface area contributed by atoms with Crippen molar-refractivity contribution in [1.82, 2.24) is 19.7 Å². The van der Waals surface area contributed by atoms with Gasteiger partial charge in [-0.25, -0.2) is 9.97 Å². The van der Waals surface area contributed by atoms with Gasteiger partial charge < -0.3 is 26.6 Å². The normalized spacial score (nSPS) is 14.5. The number of amides is 1. The third-order valence-corrected chi connectivity index (χ3v) is 5.90. The number of nitrogens with zero attached hydrogens (tertiary/aromatic N) is 3. The molecule has 2 aromatic heterocycles. The van der Waals surface area contributed by atoms with E-state index in [4.69, 9.17) is 22.4 Å². The lowest BCUT2D eigenvalue weighted by Gasteiger charge is -2.14. The topological polar surface area (TPSA) is 138 Å². The van der Waals surface area contributed by atoms with E-state index in [1.54, 1.807) is 30.5 Å². The first kappa shape index (κ1) is 21.4. The van der Waals surface area contributed by atoms with Crippen molar-refractivity contribution in [3.63, 3.8) is 0 Å². The number of nitrogen functional groups attached to an aromatic ring is 1. The van der Waals surface area contributed by atoms with Crippen molar-refractivity contribution in [1.29, 1.82) is 0 Å². The second kappa shape index (κ2) is 8.51. The molecule has 5 rings (SSSR count). The fraction of sp³-hybridized carbons (Fsp3) is 0.261. The van der Waals surface area contributed by atoms with Gasteiger partial charge in [-0.1, -0.05) is 17.7 Å². The molecule has 1 aliphatic rings. The van der Waals surface area contributed by atoms with Gasteiger partial charge in [0.05, 0.1) is 46.2 Å². The van der Waals surface area contributed by atoms with Gasteiger partial charge in [0.2, 0.25) is 0 Å². The molecule has 0 radical (unpaired) electrons. The van der Waals surface area contributed by atoms with Crippen LogP contribution in [0.5, 0.6) is 0 Å². The minimum atomic E-state index is -0.939. The van der Waals surface area contributed by atoms with Crippen LogP contribution in [0.25, 0.3) is 27.9 Å². The third-order valence-electron chi connectivity index (χ3n) is 5.58. The summed E-state index contributed by atoms with van der Waals surface area (Å²) in [5.74, 6) is 0.268. The first-order valence-corrected chi connectivity index (χ1v) is 11.0. The SMILES string of the molecule is Nc1ccc2c(c1)nc(NC[C@@H](O)CO)c1ncc(-c3ccc(C(=O)NC4CC4)c(Cl)c3)n12. The predicted molar refractivity (Wildman–Crippen MR) is 127 cm³/mol. The van der Waals surface area contributed by atoms with Crippen LogP contribution in [0.15, 0.2) is 42.6 Å². The Morgan fingerprint density at radius 2 is 2.09 bits per heavy atom. The van der Waals surface area contributed by atoms with Crippen LogP contribution in [0.2, 0.25) is 5.02 Å². The second-order valence-corrected chi connectivity index (χ2v) is 8.58. The number of fused-ring (bicyclic) bond motifs is 3. The van der Waals surface area contributed by atoms with Gasteiger partial charge in [-0.3, -0.25) is 9.20 Å². The monoisotopic (exact) mass is 466 g/mol. The lowest BCUT2D eigenvalue weighted by molar-refractivity contribution is 0.0951. The van der Waals surface area contributed by atoms with E-state index in [0.29, 0.717) is 33.3 Å². The highest BCUT2D eigenvalue weighted by Gasteiger charge is 2.25. The summed E-state index contributed by atoms with van der Waals surface area (Å²) in [5, 5.41) is 25.3. The molecule has 170 valence electrons. The molecule has 1 amide bonds. The molecule has 0 bridgehead atoms. The molecule has 10 heteroatoms. The largest absolute Gasteiger partial charge is 0.399 e. The third kappa shape index (κ3) is 4.18. The summed E-state index contributed by atoms with van der Waals surface area (Å²) in [6.45, 7) is -0.269. The van der Waals surface area contributed by atoms with E-state index in [0.717, 1.165) is 29.6 Å². The lowest BCUT2D eigenvalue weighted by Crippen LogP contribution is -2.25. The number of hydrogen-bond acceptors (Lipinski definition) is 7. The number of nitrogens with two attached hydrogens (primary N) is 1. The Morgan fingerprint density at radius 1 is 1.27 bits per heavy atom. The molecule has 1 fully saturated rings. The van der Waals surface area contributed by atoms with Crippen LogP contribution < -0.4 is 16.4 Å². The summed E-state index contributed by atoms with van der Waals surface area (Å²) in [6.07, 6.45) is 2.77. The Kier molecular flexibility index (Phi) is 5.53. The Hall–Kier alpha value is -3.40. The molecule has 1 saturated carbocycles. The molecule has 6 N–H and O–H groups in total. The van der Waals surface area contributed by atoms with Crippen molar-refractivity contribution < 1.29 is 15.0 Å². The van der Waals surface area contributed by atoms with E-state index in [-0.39, 0.29) is 25.1 Å². The molecule has 4 aromatic rings. The molecule has 0 unspecified atom stereocenters. The van der Waals surface area contributed by atoms with Crippen molar-refractivity contribution in [3.8, 4) is 11.3 Å². The molecular weight excluding hydrogens is 444 g/mol. The van der Waals surface area contributed by atoms with Gasteiger partial charge in [0.15, 0.2) is 11.5 Å². The fourth-order valence-electron chi connectivity index (χ4n) is 3.70. The zero-order chi connectivity index (χ0) is 23.1. The summed E-state index contributed by atoms with van der Waals surface area (Å²) in [4.78, 5) is 21.6. The van der Waals surface area contributed by atoms with Crippen molar-refractivity contribution in [3.05, 3.63) is 53.2 Å². The van der Waals surface area contributed by atoms with Crippen molar-refractivity contribution in [2.45, 2.75) is 25.0 Å².